The van der Waals surface area contributed by atoms with Crippen molar-refractivity contribution in [2.75, 3.05) is 5.32 Å². The number of amides is 2. The molecule has 5 rings (SSSR count). The zero-order valence-corrected chi connectivity index (χ0v) is 19.6. The summed E-state index contributed by atoms with van der Waals surface area (Å²) in [5.41, 5.74) is -0.603. The second kappa shape index (κ2) is 8.09. The van der Waals surface area contributed by atoms with Gasteiger partial charge in [0.25, 0.3) is 0 Å². The molecule has 0 aromatic carbocycles. The number of carbonyl (C=O) groups excluding carboxylic acids is 2. The molecule has 8 heteroatoms. The first-order chi connectivity index (χ1) is 16.0. The lowest BCUT2D eigenvalue weighted by molar-refractivity contribution is -0.141. The van der Waals surface area contributed by atoms with Crippen LogP contribution < -0.4 is 10.6 Å². The Morgan fingerprint density at radius 1 is 1.15 bits per heavy atom. The van der Waals surface area contributed by atoms with Gasteiger partial charge in [-0.15, -0.1) is 0 Å². The molecule has 0 bridgehead atoms. The van der Waals surface area contributed by atoms with Crippen LogP contribution >= 0.6 is 0 Å². The molecule has 1 aliphatic heterocycles. The number of anilines is 1. The van der Waals surface area contributed by atoms with E-state index in [9.17, 15) is 22.8 Å². The Morgan fingerprint density at radius 2 is 1.94 bits per heavy atom. The van der Waals surface area contributed by atoms with Crippen LogP contribution in [0.15, 0.2) is 30.5 Å². The van der Waals surface area contributed by atoms with Gasteiger partial charge in [0.2, 0.25) is 11.8 Å². The molecule has 3 fully saturated rings. The third kappa shape index (κ3) is 3.83. The van der Waals surface area contributed by atoms with Crippen LogP contribution in [0.4, 0.5) is 18.9 Å². The van der Waals surface area contributed by atoms with Gasteiger partial charge in [0.1, 0.15) is 5.69 Å². The maximum atomic E-state index is 12.8. The number of carbonyl (C=O) groups is 2. The van der Waals surface area contributed by atoms with Crippen LogP contribution in [0, 0.1) is 34.5 Å². The number of hydrogen-bond acceptors (Lipinski definition) is 3. The van der Waals surface area contributed by atoms with Gasteiger partial charge >= 0.3 is 6.18 Å². The molecule has 3 aliphatic carbocycles. The van der Waals surface area contributed by atoms with E-state index in [2.05, 4.69) is 35.5 Å². The Morgan fingerprint density at radius 3 is 2.65 bits per heavy atom. The SMILES string of the molecule is C[C@]12C=CC(=O)N[C@@H]1CC[C@@H]1[C@@H]2CC[C@]2(C)[C@@H](CC(=O)Nc3ccc(C(F)(F)F)nc3)CC[C@@H]12. The van der Waals surface area contributed by atoms with Gasteiger partial charge in [-0.25, -0.2) is 4.98 Å². The lowest BCUT2D eigenvalue weighted by Crippen LogP contribution is -2.59. The molecule has 1 aromatic rings. The predicted octanol–water partition coefficient (Wildman–Crippen LogP) is 5.34. The van der Waals surface area contributed by atoms with Gasteiger partial charge in [0.05, 0.1) is 11.9 Å². The maximum absolute atomic E-state index is 12.8. The number of aromatic nitrogens is 1. The molecule has 184 valence electrons. The fourth-order valence-corrected chi connectivity index (χ4v) is 7.85. The number of hydrogen-bond donors (Lipinski definition) is 2. The highest BCUT2D eigenvalue weighted by atomic mass is 19.4. The average Bonchev–Trinajstić information content (AvgIpc) is 3.10. The van der Waals surface area contributed by atoms with E-state index in [1.54, 1.807) is 6.08 Å². The molecule has 2 amide bonds. The first kappa shape index (κ1) is 23.4. The molecule has 0 unspecified atom stereocenters. The van der Waals surface area contributed by atoms with Crippen molar-refractivity contribution in [3.63, 3.8) is 0 Å². The number of rotatable bonds is 3. The summed E-state index contributed by atoms with van der Waals surface area (Å²) in [5.74, 6) is 1.79. The van der Waals surface area contributed by atoms with Crippen molar-refractivity contribution in [3.05, 3.63) is 36.2 Å². The maximum Gasteiger partial charge on any atom is 0.433 e. The van der Waals surface area contributed by atoms with Crippen LogP contribution in [0.5, 0.6) is 0 Å². The normalized spacial score (nSPS) is 39.0. The first-order valence-corrected chi connectivity index (χ1v) is 12.3. The molecule has 0 saturated heterocycles. The van der Waals surface area contributed by atoms with E-state index in [-0.39, 0.29) is 34.6 Å². The number of alkyl halides is 3. The molecule has 0 radical (unpaired) electrons. The number of nitrogens with one attached hydrogen (secondary N) is 2. The Kier molecular flexibility index (Phi) is 5.56. The highest BCUT2D eigenvalue weighted by molar-refractivity contribution is 5.90. The fourth-order valence-electron chi connectivity index (χ4n) is 7.85. The van der Waals surface area contributed by atoms with Crippen molar-refractivity contribution in [1.29, 1.82) is 0 Å². The summed E-state index contributed by atoms with van der Waals surface area (Å²) in [7, 11) is 0. The number of fused-ring (bicyclic) bond motifs is 5. The Bertz CT molecular complexity index is 1010. The second-order valence-corrected chi connectivity index (χ2v) is 11.2. The lowest BCUT2D eigenvalue weighted by atomic mass is 9.48. The van der Waals surface area contributed by atoms with Crippen LogP contribution in [0.3, 0.4) is 0 Å². The van der Waals surface area contributed by atoms with Crippen molar-refractivity contribution in [1.82, 2.24) is 10.3 Å². The minimum Gasteiger partial charge on any atom is -0.349 e. The molecular formula is C26H32F3N3O2. The zero-order chi connectivity index (χ0) is 24.3. The van der Waals surface area contributed by atoms with Gasteiger partial charge < -0.3 is 10.6 Å². The van der Waals surface area contributed by atoms with Gasteiger partial charge in [-0.2, -0.15) is 13.2 Å². The lowest BCUT2D eigenvalue weighted by Gasteiger charge is -2.59. The van der Waals surface area contributed by atoms with Crippen molar-refractivity contribution >= 4 is 17.5 Å². The Hall–Kier alpha value is -2.38. The molecule has 1 aromatic heterocycles. The van der Waals surface area contributed by atoms with E-state index in [1.165, 1.54) is 6.07 Å². The van der Waals surface area contributed by atoms with E-state index < -0.39 is 11.9 Å². The van der Waals surface area contributed by atoms with E-state index in [0.29, 0.717) is 29.9 Å². The molecule has 5 nitrogen and oxygen atoms in total. The minimum absolute atomic E-state index is 0.0107. The molecule has 3 saturated carbocycles. The first-order valence-electron chi connectivity index (χ1n) is 12.3. The van der Waals surface area contributed by atoms with Crippen LogP contribution in [-0.4, -0.2) is 22.8 Å². The van der Waals surface area contributed by atoms with E-state index in [4.69, 9.17) is 0 Å². The quantitative estimate of drug-likeness (QED) is 0.620. The summed E-state index contributed by atoms with van der Waals surface area (Å²) < 4.78 is 38.2. The fraction of sp³-hybridized carbons (Fsp3) is 0.654. The van der Waals surface area contributed by atoms with Crippen molar-refractivity contribution < 1.29 is 22.8 Å². The Labute approximate surface area is 198 Å². The zero-order valence-electron chi connectivity index (χ0n) is 19.6. The van der Waals surface area contributed by atoms with Gasteiger partial charge in [0.15, 0.2) is 0 Å². The van der Waals surface area contributed by atoms with E-state index in [0.717, 1.165) is 50.8 Å². The van der Waals surface area contributed by atoms with Crippen LogP contribution in [0.2, 0.25) is 0 Å². The van der Waals surface area contributed by atoms with Crippen molar-refractivity contribution in [2.24, 2.45) is 34.5 Å². The Balaban J connectivity index is 1.26. The molecule has 2 heterocycles. The molecular weight excluding hydrogens is 443 g/mol. The number of pyridine rings is 1. The predicted molar refractivity (Wildman–Crippen MR) is 121 cm³/mol. The largest absolute Gasteiger partial charge is 0.433 e. The summed E-state index contributed by atoms with van der Waals surface area (Å²) in [4.78, 5) is 28.1. The molecule has 7 atom stereocenters. The third-order valence-electron chi connectivity index (χ3n) is 9.65. The van der Waals surface area contributed by atoms with E-state index in [1.807, 2.05) is 0 Å². The summed E-state index contributed by atoms with van der Waals surface area (Å²) in [5, 5.41) is 5.93. The monoisotopic (exact) mass is 475 g/mol. The molecule has 2 N–H and O–H groups in total. The number of halogens is 3. The van der Waals surface area contributed by atoms with Crippen LogP contribution in [0.1, 0.15) is 64.5 Å². The summed E-state index contributed by atoms with van der Waals surface area (Å²) in [6, 6.07) is 2.35. The number of nitrogens with zero attached hydrogens (tertiary/aromatic N) is 1. The highest BCUT2D eigenvalue weighted by Gasteiger charge is 2.59. The topological polar surface area (TPSA) is 71.1 Å². The van der Waals surface area contributed by atoms with Gasteiger partial charge in [0, 0.05) is 17.9 Å². The second-order valence-electron chi connectivity index (χ2n) is 11.2. The minimum atomic E-state index is -4.50. The molecule has 4 aliphatic rings. The van der Waals surface area contributed by atoms with Gasteiger partial charge in [-0.3, -0.25) is 9.59 Å². The summed E-state index contributed by atoms with van der Waals surface area (Å²) in [6.45, 7) is 4.64. The van der Waals surface area contributed by atoms with Crippen LogP contribution in [-0.2, 0) is 15.8 Å². The third-order valence-corrected chi connectivity index (χ3v) is 9.65. The average molecular weight is 476 g/mol. The molecule has 34 heavy (non-hydrogen) atoms. The standard InChI is InChI=1S/C26H32F3N3O2/c1-24-11-9-19-17(5-8-20-25(19,2)12-10-22(33)32-20)18(24)6-3-15(24)13-23(34)31-16-4-7-21(30-14-16)26(27,28)29/h4,7,10,12,14-15,17-20H,3,5-6,8-9,11,13H2,1-2H3,(H,31,34)(H,32,33)/t15-,17+,18+,19+,20-,24-,25-/m1/s1. The smallest absolute Gasteiger partial charge is 0.349 e. The highest BCUT2D eigenvalue weighted by Crippen LogP contribution is 2.65. The van der Waals surface area contributed by atoms with Crippen molar-refractivity contribution in [3.8, 4) is 0 Å². The van der Waals surface area contributed by atoms with Crippen molar-refractivity contribution in [2.45, 2.75) is 71.0 Å². The van der Waals surface area contributed by atoms with E-state index >= 15 is 0 Å². The summed E-state index contributed by atoms with van der Waals surface area (Å²) in [6.07, 6.45) is 7.14. The molecule has 0 spiro atoms. The summed E-state index contributed by atoms with van der Waals surface area (Å²) >= 11 is 0. The van der Waals surface area contributed by atoms with Gasteiger partial charge in [-0.05, 0) is 85.8 Å². The van der Waals surface area contributed by atoms with Gasteiger partial charge in [-0.1, -0.05) is 19.9 Å². The van der Waals surface area contributed by atoms with Crippen LogP contribution in [0.25, 0.3) is 0 Å².